The van der Waals surface area contributed by atoms with E-state index in [1.165, 1.54) is 0 Å². The van der Waals surface area contributed by atoms with Gasteiger partial charge in [-0.1, -0.05) is 23.7 Å². The molecule has 98 valence electrons. The molecule has 2 rings (SSSR count). The maximum absolute atomic E-state index is 11.8. The van der Waals surface area contributed by atoms with Crippen molar-refractivity contribution >= 4 is 17.5 Å². The monoisotopic (exact) mass is 268 g/mol. The van der Waals surface area contributed by atoms with Crippen molar-refractivity contribution < 1.29 is 9.53 Å². The average Bonchev–Trinajstić information content (AvgIpc) is 2.86. The van der Waals surface area contributed by atoms with Crippen LogP contribution in [-0.2, 0) is 16.1 Å². The molecule has 1 aliphatic heterocycles. The lowest BCUT2D eigenvalue weighted by molar-refractivity contribution is -0.132. The molecule has 0 aromatic heterocycles. The van der Waals surface area contributed by atoms with E-state index < -0.39 is 0 Å². The normalized spacial score (nSPS) is 23.0. The molecule has 5 heteroatoms. The summed E-state index contributed by atoms with van der Waals surface area (Å²) in [5.41, 5.74) is 6.52. The summed E-state index contributed by atoms with van der Waals surface area (Å²) in [6.45, 7) is 0.962. The van der Waals surface area contributed by atoms with Gasteiger partial charge in [0.15, 0.2) is 0 Å². The Morgan fingerprint density at radius 2 is 2.11 bits per heavy atom. The van der Waals surface area contributed by atoms with E-state index in [2.05, 4.69) is 5.32 Å². The third-order valence-corrected chi connectivity index (χ3v) is 3.29. The highest BCUT2D eigenvalue weighted by molar-refractivity contribution is 6.30. The number of hydrogen-bond acceptors (Lipinski definition) is 3. The van der Waals surface area contributed by atoms with Crippen LogP contribution in [0.1, 0.15) is 18.4 Å². The van der Waals surface area contributed by atoms with Gasteiger partial charge in [-0.25, -0.2) is 0 Å². The van der Waals surface area contributed by atoms with Crippen molar-refractivity contribution in [3.8, 4) is 0 Å². The molecule has 1 saturated heterocycles. The van der Waals surface area contributed by atoms with E-state index in [1.807, 2.05) is 12.1 Å². The Bertz CT molecular complexity index is 408. The van der Waals surface area contributed by atoms with Crippen molar-refractivity contribution in [1.82, 2.24) is 5.32 Å². The predicted octanol–water partition coefficient (Wildman–Crippen LogP) is 1.46. The highest BCUT2D eigenvalue weighted by Gasteiger charge is 2.29. The van der Waals surface area contributed by atoms with Crippen LogP contribution in [0.25, 0.3) is 0 Å². The molecule has 0 bridgehead atoms. The summed E-state index contributed by atoms with van der Waals surface area (Å²) in [7, 11) is 0. The SMILES string of the molecule is NC[C@H]1CC[C@@H](C(=O)NCc2ccc(Cl)cc2)O1. The minimum absolute atomic E-state index is 0.0243. The molecule has 2 atom stereocenters. The van der Waals surface area contributed by atoms with Gasteiger partial charge in [0.05, 0.1) is 6.10 Å². The lowest BCUT2D eigenvalue weighted by atomic mass is 10.2. The summed E-state index contributed by atoms with van der Waals surface area (Å²) in [5.74, 6) is -0.0686. The molecule has 18 heavy (non-hydrogen) atoms. The number of benzene rings is 1. The zero-order valence-corrected chi connectivity index (χ0v) is 10.8. The molecular weight excluding hydrogens is 252 g/mol. The second kappa shape index (κ2) is 6.18. The summed E-state index contributed by atoms with van der Waals surface area (Å²) in [6.07, 6.45) is 1.27. The second-order valence-electron chi connectivity index (χ2n) is 4.40. The van der Waals surface area contributed by atoms with Crippen LogP contribution in [0.2, 0.25) is 5.02 Å². The van der Waals surface area contributed by atoms with Crippen LogP contribution in [0, 0.1) is 0 Å². The molecule has 0 spiro atoms. The van der Waals surface area contributed by atoms with E-state index in [0.717, 1.165) is 18.4 Å². The number of nitrogens with two attached hydrogens (primary N) is 1. The number of amides is 1. The molecule has 0 radical (unpaired) electrons. The Morgan fingerprint density at radius 1 is 1.39 bits per heavy atom. The van der Waals surface area contributed by atoms with Gasteiger partial charge in [0, 0.05) is 18.1 Å². The molecule has 0 unspecified atom stereocenters. The first-order valence-electron chi connectivity index (χ1n) is 6.06. The van der Waals surface area contributed by atoms with E-state index in [4.69, 9.17) is 22.1 Å². The Labute approximate surface area is 111 Å². The van der Waals surface area contributed by atoms with Crippen molar-refractivity contribution in [3.05, 3.63) is 34.9 Å². The minimum Gasteiger partial charge on any atom is -0.364 e. The van der Waals surface area contributed by atoms with Gasteiger partial charge < -0.3 is 15.8 Å². The van der Waals surface area contributed by atoms with Gasteiger partial charge in [0.25, 0.3) is 0 Å². The first-order valence-corrected chi connectivity index (χ1v) is 6.44. The van der Waals surface area contributed by atoms with E-state index in [9.17, 15) is 4.79 Å². The van der Waals surface area contributed by atoms with Crippen molar-refractivity contribution in [3.63, 3.8) is 0 Å². The van der Waals surface area contributed by atoms with Gasteiger partial charge in [0.1, 0.15) is 6.10 Å². The zero-order chi connectivity index (χ0) is 13.0. The Balaban J connectivity index is 1.80. The third-order valence-electron chi connectivity index (χ3n) is 3.04. The van der Waals surface area contributed by atoms with Crippen LogP contribution in [-0.4, -0.2) is 24.7 Å². The fourth-order valence-electron chi connectivity index (χ4n) is 1.98. The van der Waals surface area contributed by atoms with E-state index in [0.29, 0.717) is 18.1 Å². The summed E-state index contributed by atoms with van der Waals surface area (Å²) in [6, 6.07) is 7.39. The van der Waals surface area contributed by atoms with Crippen LogP contribution in [0.15, 0.2) is 24.3 Å². The maximum Gasteiger partial charge on any atom is 0.249 e. The molecule has 3 N–H and O–H groups in total. The molecule has 0 saturated carbocycles. The molecular formula is C13H17ClN2O2. The number of nitrogens with one attached hydrogen (secondary N) is 1. The van der Waals surface area contributed by atoms with Gasteiger partial charge in [-0.15, -0.1) is 0 Å². The molecule has 1 fully saturated rings. The van der Waals surface area contributed by atoms with Crippen LogP contribution in [0.4, 0.5) is 0 Å². The second-order valence-corrected chi connectivity index (χ2v) is 4.84. The standard InChI is InChI=1S/C13H17ClN2O2/c14-10-3-1-9(2-4-10)8-16-13(17)12-6-5-11(7-15)18-12/h1-4,11-12H,5-8,15H2,(H,16,17)/t11-,12+/m1/s1. The van der Waals surface area contributed by atoms with Crippen LogP contribution in [0.5, 0.6) is 0 Å². The number of carbonyl (C=O) groups is 1. The first-order chi connectivity index (χ1) is 8.69. The molecule has 0 aliphatic carbocycles. The van der Waals surface area contributed by atoms with Crippen molar-refractivity contribution in [2.24, 2.45) is 5.73 Å². The number of rotatable bonds is 4. The fourth-order valence-corrected chi connectivity index (χ4v) is 2.10. The Morgan fingerprint density at radius 3 is 2.72 bits per heavy atom. The molecule has 1 aromatic rings. The molecule has 1 aromatic carbocycles. The first kappa shape index (κ1) is 13.3. The maximum atomic E-state index is 11.8. The zero-order valence-electron chi connectivity index (χ0n) is 10.1. The van der Waals surface area contributed by atoms with Gasteiger partial charge in [0.2, 0.25) is 5.91 Å². The lowest BCUT2D eigenvalue weighted by Gasteiger charge is -2.12. The number of carbonyl (C=O) groups excluding carboxylic acids is 1. The van der Waals surface area contributed by atoms with Gasteiger partial charge in [-0.05, 0) is 30.5 Å². The number of hydrogen-bond donors (Lipinski definition) is 2. The van der Waals surface area contributed by atoms with Crippen molar-refractivity contribution in [2.75, 3.05) is 6.54 Å². The molecule has 1 aliphatic rings. The van der Waals surface area contributed by atoms with Gasteiger partial charge in [-0.3, -0.25) is 4.79 Å². The molecule has 1 amide bonds. The van der Waals surface area contributed by atoms with Gasteiger partial charge in [-0.2, -0.15) is 0 Å². The highest BCUT2D eigenvalue weighted by Crippen LogP contribution is 2.19. The lowest BCUT2D eigenvalue weighted by Crippen LogP contribution is -2.35. The smallest absolute Gasteiger partial charge is 0.249 e. The number of ether oxygens (including phenoxy) is 1. The fraction of sp³-hybridized carbons (Fsp3) is 0.462. The minimum atomic E-state index is -0.356. The molecule has 1 heterocycles. The predicted molar refractivity (Wildman–Crippen MR) is 70.2 cm³/mol. The largest absolute Gasteiger partial charge is 0.364 e. The summed E-state index contributed by atoms with van der Waals surface area (Å²) >= 11 is 5.79. The number of halogens is 1. The van der Waals surface area contributed by atoms with Crippen molar-refractivity contribution in [1.29, 1.82) is 0 Å². The Hall–Kier alpha value is -1.10. The summed E-state index contributed by atoms with van der Waals surface area (Å²) < 4.78 is 5.52. The van der Waals surface area contributed by atoms with E-state index in [1.54, 1.807) is 12.1 Å². The van der Waals surface area contributed by atoms with E-state index in [-0.39, 0.29) is 18.1 Å². The van der Waals surface area contributed by atoms with Crippen LogP contribution in [0.3, 0.4) is 0 Å². The average molecular weight is 269 g/mol. The topological polar surface area (TPSA) is 64.4 Å². The van der Waals surface area contributed by atoms with Crippen LogP contribution < -0.4 is 11.1 Å². The van der Waals surface area contributed by atoms with Crippen molar-refractivity contribution in [2.45, 2.75) is 31.6 Å². The van der Waals surface area contributed by atoms with Crippen LogP contribution >= 0.6 is 11.6 Å². The van der Waals surface area contributed by atoms with Gasteiger partial charge >= 0.3 is 0 Å². The quantitative estimate of drug-likeness (QED) is 0.869. The Kier molecular flexibility index (Phi) is 4.58. The third kappa shape index (κ3) is 3.45. The van der Waals surface area contributed by atoms with E-state index >= 15 is 0 Å². The molecule has 4 nitrogen and oxygen atoms in total. The highest BCUT2D eigenvalue weighted by atomic mass is 35.5. The summed E-state index contributed by atoms with van der Waals surface area (Å²) in [4.78, 5) is 11.8. The summed E-state index contributed by atoms with van der Waals surface area (Å²) in [5, 5.41) is 3.55.